The molecule has 1 saturated heterocycles. The Bertz CT molecular complexity index is 818. The molecule has 0 radical (unpaired) electrons. The molecule has 0 aliphatic carbocycles. The van der Waals surface area contributed by atoms with E-state index in [4.69, 9.17) is 4.74 Å². The average Bonchev–Trinajstić information content (AvgIpc) is 3.10. The number of ether oxygens (including phenoxy) is 1. The van der Waals surface area contributed by atoms with E-state index in [-0.39, 0.29) is 24.3 Å². The summed E-state index contributed by atoms with van der Waals surface area (Å²) in [6.07, 6.45) is 11.2. The molecular weight excluding hydrogens is 416 g/mol. The Morgan fingerprint density at radius 1 is 0.970 bits per heavy atom. The number of amides is 2. The molecule has 1 atom stereocenters. The summed E-state index contributed by atoms with van der Waals surface area (Å²) in [7, 11) is 1.61. The number of hydrogen-bond acceptors (Lipinski definition) is 5. The van der Waals surface area contributed by atoms with Crippen molar-refractivity contribution in [2.45, 2.75) is 71.1 Å². The highest BCUT2D eigenvalue weighted by atomic mass is 16.5. The van der Waals surface area contributed by atoms with Crippen molar-refractivity contribution < 1.29 is 19.4 Å². The van der Waals surface area contributed by atoms with E-state index in [1.54, 1.807) is 7.11 Å². The molecule has 33 heavy (non-hydrogen) atoms. The first-order valence-corrected chi connectivity index (χ1v) is 12.7. The lowest BCUT2D eigenvalue weighted by atomic mass is 9.97. The quantitative estimate of drug-likeness (QED) is 0.346. The van der Waals surface area contributed by atoms with Crippen molar-refractivity contribution in [3.05, 3.63) is 35.5 Å². The molecule has 2 heterocycles. The van der Waals surface area contributed by atoms with E-state index in [1.165, 1.54) is 37.0 Å². The summed E-state index contributed by atoms with van der Waals surface area (Å²) >= 11 is 0. The summed E-state index contributed by atoms with van der Waals surface area (Å²) in [4.78, 5) is 30.4. The number of likely N-dealkylation sites (tertiary alicyclic amines) is 1. The molecule has 0 spiro atoms. The number of piperidine rings is 1. The van der Waals surface area contributed by atoms with E-state index >= 15 is 0 Å². The molecule has 1 fully saturated rings. The standard InChI is InChI=1S/C27H40N2O4/c1-3-4-5-6-7-8-9-10-18-29-26(31)24(22-13-15-23(33-2)16-14-22)25(27(29)32)28-17-11-12-21(19-28)20-30/h13-16,21,30H,3-12,17-20H2,1-2H3. The molecule has 3 rings (SSSR count). The summed E-state index contributed by atoms with van der Waals surface area (Å²) in [6.45, 7) is 4.13. The second-order valence-electron chi connectivity index (χ2n) is 9.33. The van der Waals surface area contributed by atoms with Gasteiger partial charge in [-0.05, 0) is 42.9 Å². The molecule has 182 valence electrons. The van der Waals surface area contributed by atoms with E-state index in [2.05, 4.69) is 6.92 Å². The van der Waals surface area contributed by atoms with Crippen LogP contribution in [0.15, 0.2) is 30.0 Å². The number of aliphatic hydroxyl groups is 1. The number of methoxy groups -OCH3 is 1. The fraction of sp³-hybridized carbons (Fsp3) is 0.630. The third kappa shape index (κ3) is 6.38. The lowest BCUT2D eigenvalue weighted by molar-refractivity contribution is -0.137. The number of rotatable bonds is 13. The zero-order chi connectivity index (χ0) is 23.6. The van der Waals surface area contributed by atoms with Gasteiger partial charge in [-0.2, -0.15) is 0 Å². The maximum Gasteiger partial charge on any atom is 0.277 e. The van der Waals surface area contributed by atoms with Gasteiger partial charge in [0.2, 0.25) is 0 Å². The van der Waals surface area contributed by atoms with Gasteiger partial charge in [-0.15, -0.1) is 0 Å². The minimum atomic E-state index is -0.200. The van der Waals surface area contributed by atoms with Gasteiger partial charge in [0.1, 0.15) is 11.4 Å². The number of nitrogens with zero attached hydrogens (tertiary/aromatic N) is 2. The summed E-state index contributed by atoms with van der Waals surface area (Å²) < 4.78 is 5.26. The van der Waals surface area contributed by atoms with Crippen molar-refractivity contribution in [2.75, 3.05) is 33.4 Å². The van der Waals surface area contributed by atoms with E-state index in [0.29, 0.717) is 30.1 Å². The van der Waals surface area contributed by atoms with Crippen molar-refractivity contribution in [2.24, 2.45) is 5.92 Å². The minimum Gasteiger partial charge on any atom is -0.497 e. The Balaban J connectivity index is 1.72. The van der Waals surface area contributed by atoms with Crippen LogP contribution in [-0.2, 0) is 9.59 Å². The van der Waals surface area contributed by atoms with Crippen LogP contribution in [0, 0.1) is 5.92 Å². The number of carbonyl (C=O) groups excluding carboxylic acids is 2. The molecule has 0 aromatic heterocycles. The lowest BCUT2D eigenvalue weighted by Crippen LogP contribution is -2.40. The van der Waals surface area contributed by atoms with Gasteiger partial charge in [0.15, 0.2) is 0 Å². The van der Waals surface area contributed by atoms with Gasteiger partial charge in [0.25, 0.3) is 11.8 Å². The van der Waals surface area contributed by atoms with Crippen molar-refractivity contribution in [1.29, 1.82) is 0 Å². The van der Waals surface area contributed by atoms with E-state index in [0.717, 1.165) is 44.2 Å². The minimum absolute atomic E-state index is 0.103. The average molecular weight is 457 g/mol. The fourth-order valence-corrected chi connectivity index (χ4v) is 4.90. The van der Waals surface area contributed by atoms with Crippen LogP contribution in [0.1, 0.15) is 76.7 Å². The molecule has 1 aromatic rings. The molecule has 2 amide bonds. The van der Waals surface area contributed by atoms with Crippen molar-refractivity contribution in [3.63, 3.8) is 0 Å². The third-order valence-corrected chi connectivity index (χ3v) is 6.85. The SMILES string of the molecule is CCCCCCCCCCN1C(=O)C(c2ccc(OC)cc2)=C(N2CCCC(CO)C2)C1=O. The first kappa shape index (κ1) is 25.3. The number of aliphatic hydroxyl groups excluding tert-OH is 1. The predicted octanol–water partition coefficient (Wildman–Crippen LogP) is 4.62. The zero-order valence-electron chi connectivity index (χ0n) is 20.4. The van der Waals surface area contributed by atoms with Crippen LogP contribution >= 0.6 is 0 Å². The Morgan fingerprint density at radius 2 is 1.64 bits per heavy atom. The smallest absolute Gasteiger partial charge is 0.277 e. The van der Waals surface area contributed by atoms with Crippen LogP contribution in [0.5, 0.6) is 5.75 Å². The highest BCUT2D eigenvalue weighted by Crippen LogP contribution is 2.34. The van der Waals surface area contributed by atoms with Crippen LogP contribution in [0.3, 0.4) is 0 Å². The lowest BCUT2D eigenvalue weighted by Gasteiger charge is -2.34. The van der Waals surface area contributed by atoms with Gasteiger partial charge >= 0.3 is 0 Å². The predicted molar refractivity (Wildman–Crippen MR) is 131 cm³/mol. The summed E-state index contributed by atoms with van der Waals surface area (Å²) in [6, 6.07) is 7.36. The van der Waals surface area contributed by atoms with Crippen LogP contribution < -0.4 is 4.74 Å². The molecule has 1 aromatic carbocycles. The van der Waals surface area contributed by atoms with E-state index in [1.807, 2.05) is 29.2 Å². The van der Waals surface area contributed by atoms with Crippen molar-refractivity contribution >= 4 is 17.4 Å². The third-order valence-electron chi connectivity index (χ3n) is 6.85. The van der Waals surface area contributed by atoms with Gasteiger partial charge in [0.05, 0.1) is 12.7 Å². The first-order valence-electron chi connectivity index (χ1n) is 12.7. The molecule has 6 heteroatoms. The van der Waals surface area contributed by atoms with Gasteiger partial charge in [0, 0.05) is 26.2 Å². The van der Waals surface area contributed by atoms with Crippen molar-refractivity contribution in [3.8, 4) is 5.75 Å². The number of benzene rings is 1. The molecule has 1 unspecified atom stereocenters. The van der Waals surface area contributed by atoms with E-state index in [9.17, 15) is 14.7 Å². The van der Waals surface area contributed by atoms with Crippen molar-refractivity contribution in [1.82, 2.24) is 9.80 Å². The molecule has 6 nitrogen and oxygen atoms in total. The number of carbonyl (C=O) groups is 2. The summed E-state index contributed by atoms with van der Waals surface area (Å²) in [5.74, 6) is 0.460. The number of hydrogen-bond donors (Lipinski definition) is 1. The Morgan fingerprint density at radius 3 is 2.27 bits per heavy atom. The maximum atomic E-state index is 13.5. The van der Waals surface area contributed by atoms with E-state index < -0.39 is 0 Å². The second-order valence-corrected chi connectivity index (χ2v) is 9.33. The van der Waals surface area contributed by atoms with Crippen LogP contribution in [0.25, 0.3) is 5.57 Å². The first-order chi connectivity index (χ1) is 16.1. The molecule has 2 aliphatic rings. The van der Waals surface area contributed by atoms with Gasteiger partial charge in [-0.25, -0.2) is 0 Å². The molecular formula is C27H40N2O4. The number of imide groups is 1. The Kier molecular flexibility index (Phi) is 9.79. The van der Waals surface area contributed by atoms with Gasteiger partial charge in [-0.3, -0.25) is 14.5 Å². The molecule has 0 bridgehead atoms. The molecule has 1 N–H and O–H groups in total. The normalized spacial score (nSPS) is 19.1. The summed E-state index contributed by atoms with van der Waals surface area (Å²) in [5.41, 5.74) is 1.73. The van der Waals surface area contributed by atoms with Crippen LogP contribution in [0.4, 0.5) is 0 Å². The fourth-order valence-electron chi connectivity index (χ4n) is 4.90. The van der Waals surface area contributed by atoms with Gasteiger partial charge in [-0.1, -0.05) is 64.0 Å². The Labute approximate surface area is 198 Å². The monoisotopic (exact) mass is 456 g/mol. The van der Waals surface area contributed by atoms with Crippen LogP contribution in [0.2, 0.25) is 0 Å². The highest BCUT2D eigenvalue weighted by Gasteiger charge is 2.42. The molecule has 2 aliphatic heterocycles. The molecule has 0 saturated carbocycles. The maximum absolute atomic E-state index is 13.5. The van der Waals surface area contributed by atoms with Crippen LogP contribution in [-0.4, -0.2) is 60.1 Å². The topological polar surface area (TPSA) is 70.1 Å². The van der Waals surface area contributed by atoms with Gasteiger partial charge < -0.3 is 14.7 Å². The second kappa shape index (κ2) is 12.8. The largest absolute Gasteiger partial charge is 0.497 e. The highest BCUT2D eigenvalue weighted by molar-refractivity contribution is 6.35. The zero-order valence-corrected chi connectivity index (χ0v) is 20.4. The number of unbranched alkanes of at least 4 members (excludes halogenated alkanes) is 7. The Hall–Kier alpha value is -2.34. The summed E-state index contributed by atoms with van der Waals surface area (Å²) in [5, 5.41) is 9.68.